The smallest absolute Gasteiger partial charge is 0.242 e. The van der Waals surface area contributed by atoms with Crippen molar-refractivity contribution in [2.24, 2.45) is 0 Å². The molecule has 0 radical (unpaired) electrons. The van der Waals surface area contributed by atoms with E-state index in [1.807, 2.05) is 31.2 Å². The van der Waals surface area contributed by atoms with Crippen LogP contribution in [0.1, 0.15) is 12.5 Å². The second-order valence-electron chi connectivity index (χ2n) is 4.90. The summed E-state index contributed by atoms with van der Waals surface area (Å²) in [6, 6.07) is 7.61. The molecule has 7 nitrogen and oxygen atoms in total. The van der Waals surface area contributed by atoms with Crippen LogP contribution >= 0.6 is 15.9 Å². The van der Waals surface area contributed by atoms with Gasteiger partial charge in [0.25, 0.3) is 0 Å². The molecule has 0 aliphatic heterocycles. The molecular formula is C15H15BrN6O. The van der Waals surface area contributed by atoms with Gasteiger partial charge >= 0.3 is 0 Å². The maximum atomic E-state index is 12.0. The molecule has 0 bridgehead atoms. The maximum absolute atomic E-state index is 12.0. The number of aromatic nitrogens is 4. The van der Waals surface area contributed by atoms with E-state index in [0.29, 0.717) is 5.82 Å². The fraction of sp³-hybridized carbons (Fsp3) is 0.200. The molecule has 0 atom stereocenters. The summed E-state index contributed by atoms with van der Waals surface area (Å²) in [4.78, 5) is 20.4. The van der Waals surface area contributed by atoms with Gasteiger partial charge in [-0.3, -0.25) is 15.6 Å². The van der Waals surface area contributed by atoms with Crippen LogP contribution in [-0.2, 0) is 17.8 Å². The molecule has 2 N–H and O–H groups in total. The predicted molar refractivity (Wildman–Crippen MR) is 90.6 cm³/mol. The second kappa shape index (κ2) is 6.74. The normalized spacial score (nSPS) is 10.7. The third-order valence-corrected chi connectivity index (χ3v) is 3.86. The predicted octanol–water partition coefficient (Wildman–Crippen LogP) is 2.29. The quantitative estimate of drug-likeness (QED) is 0.669. The molecule has 8 heteroatoms. The Labute approximate surface area is 141 Å². The molecule has 0 saturated heterocycles. The Hall–Kier alpha value is -2.48. The Bertz CT molecular complexity index is 830. The minimum atomic E-state index is -0.151. The van der Waals surface area contributed by atoms with Crippen molar-refractivity contribution in [3.63, 3.8) is 0 Å². The Morgan fingerprint density at radius 2 is 2.04 bits per heavy atom. The fourth-order valence-corrected chi connectivity index (χ4v) is 2.45. The van der Waals surface area contributed by atoms with Crippen molar-refractivity contribution in [1.82, 2.24) is 25.2 Å². The van der Waals surface area contributed by atoms with Gasteiger partial charge in [-0.1, -0.05) is 28.1 Å². The van der Waals surface area contributed by atoms with Gasteiger partial charge in [0.2, 0.25) is 5.91 Å². The van der Waals surface area contributed by atoms with Crippen LogP contribution < -0.4 is 10.9 Å². The third-order valence-electron chi connectivity index (χ3n) is 3.33. The first kappa shape index (κ1) is 15.4. The molecule has 3 aromatic rings. The number of carbonyl (C=O) groups is 1. The summed E-state index contributed by atoms with van der Waals surface area (Å²) in [5, 5.41) is 5.00. The summed E-state index contributed by atoms with van der Waals surface area (Å²) >= 11 is 3.37. The van der Waals surface area contributed by atoms with Crippen molar-refractivity contribution in [1.29, 1.82) is 0 Å². The van der Waals surface area contributed by atoms with Crippen LogP contribution in [0.5, 0.6) is 0 Å². The number of halogens is 1. The van der Waals surface area contributed by atoms with E-state index in [1.165, 1.54) is 6.33 Å². The number of hydrazine groups is 1. The number of fused-ring (bicyclic) bond motifs is 1. The van der Waals surface area contributed by atoms with E-state index in [4.69, 9.17) is 0 Å². The number of amides is 1. The summed E-state index contributed by atoms with van der Waals surface area (Å²) in [5.74, 6) is 0.376. The number of nitrogens with one attached hydrogen (secondary N) is 2. The van der Waals surface area contributed by atoms with E-state index >= 15 is 0 Å². The Morgan fingerprint density at radius 3 is 2.78 bits per heavy atom. The number of hydrogen-bond donors (Lipinski definition) is 2. The first-order chi connectivity index (χ1) is 11.2. The molecule has 118 valence electrons. The van der Waals surface area contributed by atoms with Gasteiger partial charge in [-0.2, -0.15) is 5.10 Å². The number of aryl methyl sites for hydroxylation is 1. The number of anilines is 1. The Kier molecular flexibility index (Phi) is 4.52. The highest BCUT2D eigenvalue weighted by molar-refractivity contribution is 9.10. The molecule has 0 unspecified atom stereocenters. The van der Waals surface area contributed by atoms with Crippen LogP contribution in [0.3, 0.4) is 0 Å². The number of hydrogen-bond acceptors (Lipinski definition) is 5. The summed E-state index contributed by atoms with van der Waals surface area (Å²) in [5.41, 5.74) is 7.16. The first-order valence-corrected chi connectivity index (χ1v) is 7.92. The van der Waals surface area contributed by atoms with Crippen LogP contribution in [0.15, 0.2) is 41.3 Å². The lowest BCUT2D eigenvalue weighted by atomic mass is 10.1. The number of carbonyl (C=O) groups excluding carboxylic acids is 1. The lowest BCUT2D eigenvalue weighted by Gasteiger charge is -2.08. The van der Waals surface area contributed by atoms with Crippen molar-refractivity contribution in [3.05, 3.63) is 46.8 Å². The summed E-state index contributed by atoms with van der Waals surface area (Å²) in [6.45, 7) is 2.71. The molecular weight excluding hydrogens is 360 g/mol. The zero-order valence-corrected chi connectivity index (χ0v) is 14.0. The van der Waals surface area contributed by atoms with Gasteiger partial charge < -0.3 is 0 Å². The molecule has 0 saturated carbocycles. The van der Waals surface area contributed by atoms with Crippen molar-refractivity contribution in [2.75, 3.05) is 5.43 Å². The van der Waals surface area contributed by atoms with E-state index in [0.717, 1.165) is 27.6 Å². The molecule has 0 aliphatic carbocycles. The van der Waals surface area contributed by atoms with Gasteiger partial charge in [0.05, 0.1) is 18.0 Å². The van der Waals surface area contributed by atoms with Crippen LogP contribution in [0.4, 0.5) is 5.82 Å². The van der Waals surface area contributed by atoms with E-state index in [2.05, 4.69) is 41.8 Å². The highest BCUT2D eigenvalue weighted by Crippen LogP contribution is 2.17. The molecule has 3 rings (SSSR count). The van der Waals surface area contributed by atoms with Crippen LogP contribution in [0.25, 0.3) is 11.0 Å². The van der Waals surface area contributed by atoms with Gasteiger partial charge in [-0.15, -0.1) is 0 Å². The number of rotatable bonds is 5. The van der Waals surface area contributed by atoms with Crippen molar-refractivity contribution in [3.8, 4) is 0 Å². The topological polar surface area (TPSA) is 84.7 Å². The van der Waals surface area contributed by atoms with E-state index in [-0.39, 0.29) is 12.3 Å². The fourth-order valence-electron chi connectivity index (χ4n) is 2.18. The Morgan fingerprint density at radius 1 is 1.26 bits per heavy atom. The van der Waals surface area contributed by atoms with E-state index in [1.54, 1.807) is 10.9 Å². The SMILES string of the molecule is CCn1ncc2c(NNC(=O)Cc3ccc(Br)cc3)ncnc21. The minimum Gasteiger partial charge on any atom is -0.281 e. The molecule has 0 aliphatic rings. The van der Waals surface area contributed by atoms with E-state index in [9.17, 15) is 4.79 Å². The highest BCUT2D eigenvalue weighted by atomic mass is 79.9. The highest BCUT2D eigenvalue weighted by Gasteiger charge is 2.10. The standard InChI is InChI=1S/C15H15BrN6O/c1-2-22-15-12(8-19-22)14(17-9-18-15)21-20-13(23)7-10-3-5-11(16)6-4-10/h3-6,8-9H,2,7H2,1H3,(H,20,23)(H,17,18,21). The average Bonchev–Trinajstić information content (AvgIpc) is 2.99. The van der Waals surface area contributed by atoms with E-state index < -0.39 is 0 Å². The monoisotopic (exact) mass is 374 g/mol. The molecule has 0 fully saturated rings. The zero-order valence-electron chi connectivity index (χ0n) is 12.5. The van der Waals surface area contributed by atoms with Gasteiger partial charge in [0.1, 0.15) is 6.33 Å². The third kappa shape index (κ3) is 3.48. The maximum Gasteiger partial charge on any atom is 0.242 e. The molecule has 2 heterocycles. The molecule has 1 aromatic carbocycles. The molecule has 0 spiro atoms. The molecule has 23 heavy (non-hydrogen) atoms. The van der Waals surface area contributed by atoms with Crippen LogP contribution in [-0.4, -0.2) is 25.7 Å². The first-order valence-electron chi connectivity index (χ1n) is 7.13. The van der Waals surface area contributed by atoms with Crippen LogP contribution in [0, 0.1) is 0 Å². The summed E-state index contributed by atoms with van der Waals surface area (Å²) in [7, 11) is 0. The average molecular weight is 375 g/mol. The van der Waals surface area contributed by atoms with Crippen LogP contribution in [0.2, 0.25) is 0 Å². The minimum absolute atomic E-state index is 0.151. The van der Waals surface area contributed by atoms with Gasteiger partial charge in [-0.25, -0.2) is 14.6 Å². The molecule has 2 aromatic heterocycles. The second-order valence-corrected chi connectivity index (χ2v) is 5.81. The molecule has 1 amide bonds. The Balaban J connectivity index is 1.67. The summed E-state index contributed by atoms with van der Waals surface area (Å²) < 4.78 is 2.75. The van der Waals surface area contributed by atoms with Gasteiger partial charge in [0.15, 0.2) is 11.5 Å². The largest absolute Gasteiger partial charge is 0.281 e. The van der Waals surface area contributed by atoms with Crippen molar-refractivity contribution < 1.29 is 4.79 Å². The van der Waals surface area contributed by atoms with Crippen molar-refractivity contribution in [2.45, 2.75) is 19.9 Å². The van der Waals surface area contributed by atoms with Gasteiger partial charge in [0, 0.05) is 11.0 Å². The van der Waals surface area contributed by atoms with Crippen molar-refractivity contribution >= 4 is 38.7 Å². The number of nitrogens with zero attached hydrogens (tertiary/aromatic N) is 4. The summed E-state index contributed by atoms with van der Waals surface area (Å²) in [6.07, 6.45) is 3.41. The zero-order chi connectivity index (χ0) is 16.2. The van der Waals surface area contributed by atoms with Gasteiger partial charge in [-0.05, 0) is 24.6 Å². The lowest BCUT2D eigenvalue weighted by molar-refractivity contribution is -0.119. The lowest BCUT2D eigenvalue weighted by Crippen LogP contribution is -2.31. The number of benzene rings is 1.